The molecular weight excluding hydrogens is 306 g/mol. The summed E-state index contributed by atoms with van der Waals surface area (Å²) in [4.78, 5) is 26.6. The number of amides is 1. The van der Waals surface area contributed by atoms with Crippen LogP contribution in [0.15, 0.2) is 65.9 Å². The summed E-state index contributed by atoms with van der Waals surface area (Å²) in [6, 6.07) is 15.9. The number of phenols is 1. The Balaban J connectivity index is 1.82. The van der Waals surface area contributed by atoms with Gasteiger partial charge < -0.3 is 9.84 Å². The lowest BCUT2D eigenvalue weighted by Crippen LogP contribution is -2.37. The van der Waals surface area contributed by atoms with E-state index in [1.165, 1.54) is 0 Å². The Kier molecular flexibility index (Phi) is 3.34. The Bertz CT molecular complexity index is 839. The predicted octanol–water partition coefficient (Wildman–Crippen LogP) is 2.72. The standard InChI is InChI=1S/C19H15NO4/c21-14-8-6-12(7-9-14)15-10-17(22)20(13-4-2-1-3-5-13)16-11-24-19(23)18(15)16/h1-9,15,21H,10-11H2/t15-/m1/s1. The second-order valence-electron chi connectivity index (χ2n) is 5.85. The van der Waals surface area contributed by atoms with E-state index in [9.17, 15) is 14.7 Å². The van der Waals surface area contributed by atoms with E-state index in [1.807, 2.05) is 30.3 Å². The van der Waals surface area contributed by atoms with Gasteiger partial charge in [-0.25, -0.2) is 4.79 Å². The minimum atomic E-state index is -0.378. The van der Waals surface area contributed by atoms with Crippen LogP contribution in [0.4, 0.5) is 5.69 Å². The van der Waals surface area contributed by atoms with Crippen molar-refractivity contribution in [2.45, 2.75) is 12.3 Å². The summed E-state index contributed by atoms with van der Waals surface area (Å²) in [5.74, 6) is -0.647. The normalized spacial score (nSPS) is 20.2. The van der Waals surface area contributed by atoms with Gasteiger partial charge in [-0.1, -0.05) is 30.3 Å². The maximum absolute atomic E-state index is 12.8. The third kappa shape index (κ3) is 2.25. The van der Waals surface area contributed by atoms with Crippen LogP contribution < -0.4 is 4.90 Å². The van der Waals surface area contributed by atoms with Crippen molar-refractivity contribution in [2.24, 2.45) is 0 Å². The Morgan fingerprint density at radius 2 is 1.71 bits per heavy atom. The van der Waals surface area contributed by atoms with Crippen molar-refractivity contribution in [3.63, 3.8) is 0 Å². The third-order valence-corrected chi connectivity index (χ3v) is 4.43. The van der Waals surface area contributed by atoms with Crippen LogP contribution in [0.5, 0.6) is 5.75 Å². The molecule has 2 aliphatic heterocycles. The first-order chi connectivity index (χ1) is 11.6. The molecule has 0 spiro atoms. The number of nitrogens with zero attached hydrogens (tertiary/aromatic N) is 1. The Hall–Kier alpha value is -3.08. The molecule has 4 rings (SSSR count). The average molecular weight is 321 g/mol. The van der Waals surface area contributed by atoms with Gasteiger partial charge >= 0.3 is 5.97 Å². The number of esters is 1. The molecule has 2 aromatic carbocycles. The Morgan fingerprint density at radius 1 is 1.00 bits per heavy atom. The largest absolute Gasteiger partial charge is 0.508 e. The summed E-state index contributed by atoms with van der Waals surface area (Å²) in [5, 5.41) is 9.46. The Morgan fingerprint density at radius 3 is 2.42 bits per heavy atom. The van der Waals surface area contributed by atoms with E-state index in [0.29, 0.717) is 11.3 Å². The maximum atomic E-state index is 12.8. The molecule has 2 aliphatic rings. The average Bonchev–Trinajstić information content (AvgIpc) is 2.97. The van der Waals surface area contributed by atoms with E-state index in [2.05, 4.69) is 0 Å². The van der Waals surface area contributed by atoms with Crippen molar-refractivity contribution < 1.29 is 19.4 Å². The van der Waals surface area contributed by atoms with E-state index >= 15 is 0 Å². The van der Waals surface area contributed by atoms with Crippen molar-refractivity contribution in [2.75, 3.05) is 11.5 Å². The monoisotopic (exact) mass is 321 g/mol. The first-order valence-corrected chi connectivity index (χ1v) is 7.72. The number of phenolic OH excluding ortho intramolecular Hbond substituents is 1. The fourth-order valence-electron chi connectivity index (χ4n) is 3.32. The number of hydrogen-bond acceptors (Lipinski definition) is 4. The van der Waals surface area contributed by atoms with Crippen LogP contribution in [0, 0.1) is 0 Å². The van der Waals surface area contributed by atoms with Crippen LogP contribution in [0.2, 0.25) is 0 Å². The molecule has 0 radical (unpaired) electrons. The molecule has 0 unspecified atom stereocenters. The molecule has 1 amide bonds. The van der Waals surface area contributed by atoms with Crippen molar-refractivity contribution in [3.8, 4) is 5.75 Å². The van der Waals surface area contributed by atoms with E-state index in [1.54, 1.807) is 29.2 Å². The molecule has 1 N–H and O–H groups in total. The van der Waals surface area contributed by atoms with Gasteiger partial charge in [0.05, 0.1) is 11.3 Å². The molecule has 2 aromatic rings. The highest BCUT2D eigenvalue weighted by Gasteiger charge is 2.42. The van der Waals surface area contributed by atoms with Crippen LogP contribution in [0.3, 0.4) is 0 Å². The zero-order valence-electron chi connectivity index (χ0n) is 12.8. The topological polar surface area (TPSA) is 66.8 Å². The lowest BCUT2D eigenvalue weighted by Gasteiger charge is -2.31. The van der Waals surface area contributed by atoms with Crippen molar-refractivity contribution in [3.05, 3.63) is 71.4 Å². The SMILES string of the molecule is O=C1OCC2=C1[C@@H](c1ccc(O)cc1)CC(=O)N2c1ccccc1. The molecule has 1 atom stereocenters. The number of carbonyl (C=O) groups excluding carboxylic acids is 2. The van der Waals surface area contributed by atoms with Gasteiger partial charge in [0.1, 0.15) is 12.4 Å². The van der Waals surface area contributed by atoms with Gasteiger partial charge in [0.2, 0.25) is 5.91 Å². The highest BCUT2D eigenvalue weighted by molar-refractivity contribution is 6.06. The van der Waals surface area contributed by atoms with Gasteiger partial charge in [-0.2, -0.15) is 0 Å². The molecular formula is C19H15NO4. The summed E-state index contributed by atoms with van der Waals surface area (Å²) < 4.78 is 5.22. The van der Waals surface area contributed by atoms with Crippen molar-refractivity contribution in [1.82, 2.24) is 0 Å². The van der Waals surface area contributed by atoms with Gasteiger partial charge in [-0.15, -0.1) is 0 Å². The number of benzene rings is 2. The zero-order chi connectivity index (χ0) is 16.7. The molecule has 0 bridgehead atoms. The van der Waals surface area contributed by atoms with E-state index in [-0.39, 0.29) is 36.6 Å². The lowest BCUT2D eigenvalue weighted by molar-refractivity contribution is -0.136. The minimum absolute atomic E-state index is 0.0728. The maximum Gasteiger partial charge on any atom is 0.336 e. The molecule has 120 valence electrons. The zero-order valence-corrected chi connectivity index (χ0v) is 12.8. The number of ether oxygens (including phenoxy) is 1. The molecule has 5 nitrogen and oxygen atoms in total. The van der Waals surface area contributed by atoms with Crippen LogP contribution in [0.1, 0.15) is 17.9 Å². The predicted molar refractivity (Wildman–Crippen MR) is 87.4 cm³/mol. The first-order valence-electron chi connectivity index (χ1n) is 7.72. The van der Waals surface area contributed by atoms with Gasteiger partial charge in [-0.3, -0.25) is 9.69 Å². The van der Waals surface area contributed by atoms with Crippen LogP contribution >= 0.6 is 0 Å². The second-order valence-corrected chi connectivity index (χ2v) is 5.85. The van der Waals surface area contributed by atoms with Gasteiger partial charge in [0.15, 0.2) is 0 Å². The number of rotatable bonds is 2. The molecule has 0 aliphatic carbocycles. The fourth-order valence-corrected chi connectivity index (χ4v) is 3.32. The summed E-state index contributed by atoms with van der Waals surface area (Å²) in [5.41, 5.74) is 2.70. The highest BCUT2D eigenvalue weighted by Crippen LogP contribution is 2.41. The number of para-hydroxylation sites is 1. The molecule has 0 aromatic heterocycles. The summed E-state index contributed by atoms with van der Waals surface area (Å²) in [7, 11) is 0. The second kappa shape index (κ2) is 5.53. The highest BCUT2D eigenvalue weighted by atomic mass is 16.5. The molecule has 0 saturated heterocycles. The molecule has 0 fully saturated rings. The van der Waals surface area contributed by atoms with Crippen LogP contribution in [0.25, 0.3) is 0 Å². The summed E-state index contributed by atoms with van der Waals surface area (Å²) >= 11 is 0. The Labute approximate surface area is 138 Å². The molecule has 24 heavy (non-hydrogen) atoms. The van der Waals surface area contributed by atoms with Crippen LogP contribution in [-0.2, 0) is 14.3 Å². The van der Waals surface area contributed by atoms with E-state index in [4.69, 9.17) is 4.74 Å². The summed E-state index contributed by atoms with van der Waals surface area (Å²) in [6.45, 7) is 0.101. The number of hydrogen-bond donors (Lipinski definition) is 1. The van der Waals surface area contributed by atoms with Gasteiger partial charge in [0.25, 0.3) is 0 Å². The minimum Gasteiger partial charge on any atom is -0.508 e. The van der Waals surface area contributed by atoms with Gasteiger partial charge in [0, 0.05) is 18.0 Å². The molecule has 2 heterocycles. The van der Waals surface area contributed by atoms with Gasteiger partial charge in [-0.05, 0) is 29.8 Å². The first kappa shape index (κ1) is 14.5. The van der Waals surface area contributed by atoms with E-state index < -0.39 is 0 Å². The summed E-state index contributed by atoms with van der Waals surface area (Å²) in [6.07, 6.45) is 0.188. The van der Waals surface area contributed by atoms with Crippen molar-refractivity contribution in [1.29, 1.82) is 0 Å². The number of anilines is 1. The molecule has 5 heteroatoms. The third-order valence-electron chi connectivity index (χ3n) is 4.43. The van der Waals surface area contributed by atoms with Crippen molar-refractivity contribution >= 4 is 17.6 Å². The number of cyclic esters (lactones) is 1. The number of aromatic hydroxyl groups is 1. The van der Waals surface area contributed by atoms with E-state index in [0.717, 1.165) is 11.3 Å². The lowest BCUT2D eigenvalue weighted by atomic mass is 9.84. The quantitative estimate of drug-likeness (QED) is 0.864. The fraction of sp³-hybridized carbons (Fsp3) is 0.158. The smallest absolute Gasteiger partial charge is 0.336 e. The number of carbonyl (C=O) groups is 2. The van der Waals surface area contributed by atoms with Crippen LogP contribution in [-0.4, -0.2) is 23.6 Å². The molecule has 0 saturated carbocycles.